The zero-order valence-electron chi connectivity index (χ0n) is 27.0. The van der Waals surface area contributed by atoms with Gasteiger partial charge in [-0.25, -0.2) is 4.79 Å². The van der Waals surface area contributed by atoms with Gasteiger partial charge in [0, 0.05) is 29.9 Å². The summed E-state index contributed by atoms with van der Waals surface area (Å²) in [5.41, 5.74) is 6.89. The molecule has 0 bridgehead atoms. The molecule has 0 spiro atoms. The third-order valence-electron chi connectivity index (χ3n) is 7.36. The molecule has 13 N–H and O–H groups in total. The number of hydrogen-bond acceptors (Lipinski definition) is 11. The fraction of sp³-hybridized carbons (Fsp3) is 0.467. The number of amides is 5. The van der Waals surface area contributed by atoms with Gasteiger partial charge in [-0.15, -0.1) is 0 Å². The molecule has 0 fully saturated rings. The van der Waals surface area contributed by atoms with E-state index in [4.69, 9.17) is 15.9 Å². The molecule has 0 aliphatic carbocycles. The predicted octanol–water partition coefficient (Wildman–Crippen LogP) is -3.72. The van der Waals surface area contributed by atoms with Gasteiger partial charge in [0.1, 0.15) is 30.2 Å². The number of rotatable bonds is 20. The average Bonchev–Trinajstić information content (AvgIpc) is 3.45. The van der Waals surface area contributed by atoms with Gasteiger partial charge in [0.05, 0.1) is 25.2 Å². The summed E-state index contributed by atoms with van der Waals surface area (Å²) in [6.45, 7) is 1.31. The van der Waals surface area contributed by atoms with Crippen LogP contribution in [0.1, 0.15) is 38.7 Å². The smallest absolute Gasteiger partial charge is 0.326 e. The number of aromatic amines is 1. The standard InChI is InChI=1S/C30H41N7O13/c1-13(25(44)35-20(30(49)50)10-23(42)43)33-27(46)19(9-15-11-32-18-6-4-3-5-16(15)18)34-28(47)21(12-38)36-29(48)24(14(2)39)37-26(45)17(31)7-8-22(40)41/h3-6,11,13-14,17,19-21,24,32,38-39H,7-10,12,31H2,1-2H3,(H,33,46)(H,34,47)(H,35,44)(H,36,48)(H,37,45)(H,40,41)(H,42,43)(H,49,50)/t13-,14+,17-,19-,20-,21-,24-/m0/s1. The summed E-state index contributed by atoms with van der Waals surface area (Å²) < 4.78 is 0. The fourth-order valence-corrected chi connectivity index (χ4v) is 4.58. The van der Waals surface area contributed by atoms with Gasteiger partial charge in [0.25, 0.3) is 0 Å². The van der Waals surface area contributed by atoms with E-state index in [1.807, 2.05) is 5.32 Å². The molecule has 7 atom stereocenters. The van der Waals surface area contributed by atoms with Crippen molar-refractivity contribution in [2.75, 3.05) is 6.61 Å². The summed E-state index contributed by atoms with van der Waals surface area (Å²) in [6.07, 6.45) is -1.83. The molecule has 274 valence electrons. The minimum atomic E-state index is -1.80. The minimum absolute atomic E-state index is 0.195. The maximum atomic E-state index is 13.5. The molecule has 0 saturated heterocycles. The number of aromatic nitrogens is 1. The molecule has 1 aromatic heterocycles. The Kier molecular flexibility index (Phi) is 15.3. The van der Waals surface area contributed by atoms with Crippen LogP contribution in [0.4, 0.5) is 0 Å². The number of para-hydroxylation sites is 1. The number of benzene rings is 1. The third-order valence-corrected chi connectivity index (χ3v) is 7.36. The number of nitrogens with two attached hydrogens (primary N) is 1. The number of fused-ring (bicyclic) bond motifs is 1. The van der Waals surface area contributed by atoms with Crippen LogP contribution in [0, 0.1) is 0 Å². The molecule has 1 aromatic carbocycles. The molecule has 50 heavy (non-hydrogen) atoms. The molecule has 1 heterocycles. The highest BCUT2D eigenvalue weighted by Gasteiger charge is 2.34. The van der Waals surface area contributed by atoms with Gasteiger partial charge < -0.3 is 62.8 Å². The van der Waals surface area contributed by atoms with Crippen molar-refractivity contribution in [2.24, 2.45) is 5.73 Å². The summed E-state index contributed by atoms with van der Waals surface area (Å²) in [6, 6.07) is -2.52. The predicted molar refractivity (Wildman–Crippen MR) is 171 cm³/mol. The topological polar surface area (TPSA) is 340 Å². The van der Waals surface area contributed by atoms with Crippen LogP contribution in [-0.4, -0.2) is 127 Å². The normalized spacial score (nSPS) is 15.2. The first-order valence-electron chi connectivity index (χ1n) is 15.2. The molecular formula is C30H41N7O13. The monoisotopic (exact) mass is 707 g/mol. The van der Waals surface area contributed by atoms with Crippen LogP contribution in [0.5, 0.6) is 0 Å². The van der Waals surface area contributed by atoms with Gasteiger partial charge in [0.15, 0.2) is 0 Å². The molecule has 0 saturated carbocycles. The Hall–Kier alpha value is -5.60. The highest BCUT2D eigenvalue weighted by Crippen LogP contribution is 2.19. The van der Waals surface area contributed by atoms with E-state index in [-0.39, 0.29) is 12.8 Å². The first kappa shape index (κ1) is 40.6. The third kappa shape index (κ3) is 12.1. The van der Waals surface area contributed by atoms with E-state index in [1.165, 1.54) is 6.92 Å². The van der Waals surface area contributed by atoms with Crippen LogP contribution in [-0.2, 0) is 44.8 Å². The summed E-state index contributed by atoms with van der Waals surface area (Å²) in [7, 11) is 0. The Morgan fingerprint density at radius 1 is 0.760 bits per heavy atom. The van der Waals surface area contributed by atoms with E-state index in [0.29, 0.717) is 16.5 Å². The van der Waals surface area contributed by atoms with Gasteiger partial charge in [-0.05, 0) is 31.9 Å². The lowest BCUT2D eigenvalue weighted by Gasteiger charge is -2.26. The van der Waals surface area contributed by atoms with Crippen LogP contribution in [0.3, 0.4) is 0 Å². The average molecular weight is 708 g/mol. The zero-order valence-corrected chi connectivity index (χ0v) is 27.0. The van der Waals surface area contributed by atoms with Gasteiger partial charge in [-0.3, -0.25) is 33.6 Å². The Labute approximate surface area is 284 Å². The minimum Gasteiger partial charge on any atom is -0.481 e. The first-order chi connectivity index (χ1) is 23.4. The van der Waals surface area contributed by atoms with E-state index in [0.717, 1.165) is 6.92 Å². The van der Waals surface area contributed by atoms with Crippen molar-refractivity contribution in [2.45, 2.75) is 81.9 Å². The van der Waals surface area contributed by atoms with Crippen LogP contribution in [0.2, 0.25) is 0 Å². The molecule has 20 heteroatoms. The molecule has 2 rings (SSSR count). The molecule has 0 radical (unpaired) electrons. The van der Waals surface area contributed by atoms with E-state index in [2.05, 4.69) is 26.3 Å². The quantitative estimate of drug-likeness (QED) is 0.0630. The van der Waals surface area contributed by atoms with Crippen molar-refractivity contribution in [3.8, 4) is 0 Å². The maximum absolute atomic E-state index is 13.5. The van der Waals surface area contributed by atoms with E-state index >= 15 is 0 Å². The van der Waals surface area contributed by atoms with Gasteiger partial charge >= 0.3 is 17.9 Å². The fourth-order valence-electron chi connectivity index (χ4n) is 4.58. The second-order valence-corrected chi connectivity index (χ2v) is 11.4. The van der Waals surface area contributed by atoms with Crippen LogP contribution >= 0.6 is 0 Å². The van der Waals surface area contributed by atoms with Gasteiger partial charge in [-0.2, -0.15) is 0 Å². The highest BCUT2D eigenvalue weighted by atomic mass is 16.4. The number of carboxylic acid groups (broad SMARTS) is 3. The number of carbonyl (C=O) groups excluding carboxylic acids is 5. The van der Waals surface area contributed by atoms with Crippen molar-refractivity contribution >= 4 is 58.3 Å². The zero-order chi connectivity index (χ0) is 37.7. The number of aliphatic hydroxyl groups is 2. The Morgan fingerprint density at radius 2 is 1.36 bits per heavy atom. The lowest BCUT2D eigenvalue weighted by Crippen LogP contribution is -2.61. The number of H-pyrrole nitrogens is 1. The van der Waals surface area contributed by atoms with Crippen LogP contribution in [0.15, 0.2) is 30.5 Å². The van der Waals surface area contributed by atoms with Gasteiger partial charge in [0.2, 0.25) is 29.5 Å². The van der Waals surface area contributed by atoms with Gasteiger partial charge in [-0.1, -0.05) is 18.2 Å². The van der Waals surface area contributed by atoms with Crippen molar-refractivity contribution in [3.63, 3.8) is 0 Å². The van der Waals surface area contributed by atoms with Crippen LogP contribution < -0.4 is 32.3 Å². The molecule has 0 aliphatic heterocycles. The summed E-state index contributed by atoms with van der Waals surface area (Å²) in [5, 5.41) is 58.8. The molecule has 2 aromatic rings. The SMILES string of the molecule is C[C@H](NC(=O)[C@H](Cc1c[nH]c2ccccc12)NC(=O)[C@H](CO)NC(=O)[C@@H](NC(=O)[C@@H](N)CCC(=O)O)[C@@H](C)O)C(=O)N[C@@H](CC(=O)O)C(=O)O. The van der Waals surface area contributed by atoms with Crippen molar-refractivity contribution in [1.29, 1.82) is 0 Å². The Balaban J connectivity index is 2.25. The maximum Gasteiger partial charge on any atom is 0.326 e. The van der Waals surface area contributed by atoms with E-state index < -0.39 is 109 Å². The molecule has 20 nitrogen and oxygen atoms in total. The van der Waals surface area contributed by atoms with Crippen LogP contribution in [0.25, 0.3) is 10.9 Å². The van der Waals surface area contributed by atoms with Crippen molar-refractivity contribution in [3.05, 3.63) is 36.0 Å². The number of aliphatic hydroxyl groups excluding tert-OH is 2. The Morgan fingerprint density at radius 3 is 1.94 bits per heavy atom. The number of carboxylic acids is 3. The summed E-state index contributed by atoms with van der Waals surface area (Å²) >= 11 is 0. The largest absolute Gasteiger partial charge is 0.481 e. The summed E-state index contributed by atoms with van der Waals surface area (Å²) in [4.78, 5) is 101. The summed E-state index contributed by atoms with van der Waals surface area (Å²) in [5.74, 6) is -9.54. The molecular weight excluding hydrogens is 666 g/mol. The number of carbonyl (C=O) groups is 8. The molecule has 0 unspecified atom stereocenters. The van der Waals surface area contributed by atoms with Crippen molar-refractivity contribution < 1.29 is 63.9 Å². The van der Waals surface area contributed by atoms with Crippen molar-refractivity contribution in [1.82, 2.24) is 31.6 Å². The number of nitrogens with one attached hydrogen (secondary N) is 6. The lowest BCUT2D eigenvalue weighted by atomic mass is 10.0. The first-order valence-corrected chi connectivity index (χ1v) is 15.2. The molecule has 5 amide bonds. The number of hydrogen-bond donors (Lipinski definition) is 12. The van der Waals surface area contributed by atoms with E-state index in [9.17, 15) is 53.7 Å². The second-order valence-electron chi connectivity index (χ2n) is 11.4. The lowest BCUT2D eigenvalue weighted by molar-refractivity contribution is -0.147. The second kappa shape index (κ2) is 18.8. The molecule has 0 aliphatic rings. The number of aliphatic carboxylic acids is 3. The Bertz CT molecular complexity index is 1580. The highest BCUT2D eigenvalue weighted by molar-refractivity contribution is 5.97. The van der Waals surface area contributed by atoms with E-state index in [1.54, 1.807) is 30.5 Å².